The van der Waals surface area contributed by atoms with Crippen LogP contribution in [0.2, 0.25) is 0 Å². The zero-order valence-corrected chi connectivity index (χ0v) is 50.5. The average molecular weight is 991 g/mol. The van der Waals surface area contributed by atoms with Crippen molar-refractivity contribution in [3.05, 3.63) is 93.0 Å². The molecular formula is C59H99N13. The van der Waals surface area contributed by atoms with Gasteiger partial charge in [0.2, 0.25) is 0 Å². The first-order valence-electron chi connectivity index (χ1n) is 25.3. The normalized spacial score (nSPS) is 12.2. The van der Waals surface area contributed by atoms with Crippen LogP contribution in [0.4, 0.5) is 0 Å². The van der Waals surface area contributed by atoms with Gasteiger partial charge in [-0.1, -0.05) is 123 Å². The van der Waals surface area contributed by atoms with E-state index >= 15 is 0 Å². The van der Waals surface area contributed by atoms with Gasteiger partial charge in [0.15, 0.2) is 16.9 Å². The summed E-state index contributed by atoms with van der Waals surface area (Å²) in [4.78, 5) is 37.4. The Morgan fingerprint density at radius 2 is 0.653 bits per heavy atom. The first-order valence-corrected chi connectivity index (χ1v) is 25.3. The average Bonchev–Trinajstić information content (AvgIpc) is 3.99. The fourth-order valence-electron chi connectivity index (χ4n) is 5.43. The monoisotopic (exact) mass is 990 g/mol. The Morgan fingerprint density at radius 1 is 0.306 bits per heavy atom. The van der Waals surface area contributed by atoms with Crippen molar-refractivity contribution in [2.45, 2.75) is 216 Å². The molecule has 0 amide bonds. The van der Waals surface area contributed by atoms with Crippen LogP contribution in [0.25, 0.3) is 44.5 Å². The molecule has 0 bridgehead atoms. The van der Waals surface area contributed by atoms with Crippen molar-refractivity contribution >= 4 is 44.5 Å². The second-order valence-corrected chi connectivity index (χ2v) is 28.4. The van der Waals surface area contributed by atoms with Crippen LogP contribution >= 0.6 is 0 Å². The standard InChI is InChI=1S/C11H14N2.C10H13N3.2C9H12N4.4C5H12/c1-11(2,3)13-8-12-9-6-4-5-7-10(9)13;1-10(2,3)13-7-12-9-8(13)5-4-6-11-9;1-9(2,3)13-6-12-8-7(13)4-10-5-11-8;1-9(2,3)13-6-12-7-4-10-5-11-8(7)13;4*1-5(2,3)4/h4-8H,1-3H3;4-7H,1-3H3;2*4-6H,1-3H3;4*1-4H3. The van der Waals surface area contributed by atoms with E-state index in [9.17, 15) is 0 Å². The zero-order chi connectivity index (χ0) is 55.9. The van der Waals surface area contributed by atoms with Crippen molar-refractivity contribution in [3.8, 4) is 0 Å². The highest BCUT2D eigenvalue weighted by atomic mass is 15.2. The quantitative estimate of drug-likeness (QED) is 0.145. The van der Waals surface area contributed by atoms with Gasteiger partial charge in [0.1, 0.15) is 23.7 Å². The summed E-state index contributed by atoms with van der Waals surface area (Å²) in [7, 11) is 0. The summed E-state index contributed by atoms with van der Waals surface area (Å²) >= 11 is 0. The van der Waals surface area contributed by atoms with E-state index in [1.807, 2.05) is 47.6 Å². The number of para-hydroxylation sites is 2. The third-order valence-corrected chi connectivity index (χ3v) is 8.11. The van der Waals surface area contributed by atoms with E-state index < -0.39 is 0 Å². The number of aromatic nitrogens is 13. The molecule has 13 nitrogen and oxygen atoms in total. The van der Waals surface area contributed by atoms with Gasteiger partial charge in [0, 0.05) is 28.4 Å². The second-order valence-electron chi connectivity index (χ2n) is 28.4. The van der Waals surface area contributed by atoms with Crippen molar-refractivity contribution in [1.29, 1.82) is 0 Å². The number of rotatable bonds is 0. The Morgan fingerprint density at radius 3 is 1.12 bits per heavy atom. The van der Waals surface area contributed by atoms with Gasteiger partial charge in [-0.15, -0.1) is 0 Å². The van der Waals surface area contributed by atoms with Crippen molar-refractivity contribution in [2.24, 2.45) is 21.7 Å². The molecule has 7 aromatic heterocycles. The van der Waals surface area contributed by atoms with Gasteiger partial charge >= 0.3 is 0 Å². The van der Waals surface area contributed by atoms with Crippen molar-refractivity contribution in [1.82, 2.24) is 63.1 Å². The van der Waals surface area contributed by atoms with Gasteiger partial charge < -0.3 is 18.3 Å². The van der Waals surface area contributed by atoms with E-state index in [0.29, 0.717) is 21.7 Å². The molecule has 0 radical (unpaired) electrons. The largest absolute Gasteiger partial charge is 0.325 e. The van der Waals surface area contributed by atoms with Gasteiger partial charge in [0.05, 0.1) is 54.3 Å². The molecule has 0 spiro atoms. The SMILES string of the molecule is CC(C)(C)C.CC(C)(C)C.CC(C)(C)C.CC(C)(C)C.CC(C)(C)n1cnc2ccccc21.CC(C)(C)n1cnc2cncnc21.CC(C)(C)n1cnc2ncccc21.CC(C)(C)n1cnc2ncncc21. The Hall–Kier alpha value is -5.59. The molecule has 1 aromatic carbocycles. The van der Waals surface area contributed by atoms with Crippen molar-refractivity contribution in [3.63, 3.8) is 0 Å². The third-order valence-electron chi connectivity index (χ3n) is 8.11. The second kappa shape index (κ2) is 25.9. The summed E-state index contributed by atoms with van der Waals surface area (Å²) < 4.78 is 8.45. The van der Waals surface area contributed by atoms with Gasteiger partial charge in [-0.2, -0.15) is 0 Å². The number of benzene rings is 1. The smallest absolute Gasteiger partial charge is 0.180 e. The molecule has 13 heteroatoms. The first kappa shape index (κ1) is 64.4. The van der Waals surface area contributed by atoms with Gasteiger partial charge in [-0.05, 0) is 129 Å². The predicted octanol–water partition coefficient (Wildman–Crippen LogP) is 16.3. The molecule has 0 saturated carbocycles. The highest BCUT2D eigenvalue weighted by Gasteiger charge is 2.19. The molecule has 8 rings (SSSR count). The van der Waals surface area contributed by atoms with E-state index in [1.165, 1.54) is 11.8 Å². The zero-order valence-electron chi connectivity index (χ0n) is 50.5. The Bertz CT molecular complexity index is 2350. The lowest BCUT2D eigenvalue weighted by atomic mass is 10.0. The van der Waals surface area contributed by atoms with Crippen LogP contribution in [-0.4, -0.2) is 63.1 Å². The maximum absolute atomic E-state index is 4.35. The van der Waals surface area contributed by atoms with Crippen LogP contribution in [0.1, 0.15) is 194 Å². The molecule has 0 unspecified atom stereocenters. The van der Waals surface area contributed by atoms with E-state index in [1.54, 1.807) is 37.6 Å². The predicted molar refractivity (Wildman–Crippen MR) is 308 cm³/mol. The fraction of sp³-hybridized carbons (Fsp3) is 0.610. The first-order chi connectivity index (χ1) is 32.4. The van der Waals surface area contributed by atoms with Crippen molar-refractivity contribution < 1.29 is 0 Å². The molecule has 0 N–H and O–H groups in total. The number of imidazole rings is 4. The summed E-state index contributed by atoms with van der Waals surface area (Å²) in [6.45, 7) is 60.7. The van der Waals surface area contributed by atoms with Crippen LogP contribution < -0.4 is 0 Å². The van der Waals surface area contributed by atoms with Crippen LogP contribution in [-0.2, 0) is 22.2 Å². The molecule has 0 atom stereocenters. The molecule has 0 aliphatic rings. The maximum atomic E-state index is 4.35. The lowest BCUT2D eigenvalue weighted by molar-refractivity contribution is 0.406. The van der Waals surface area contributed by atoms with Crippen molar-refractivity contribution in [2.75, 3.05) is 0 Å². The van der Waals surface area contributed by atoms with Crippen LogP contribution in [0.15, 0.2) is 93.0 Å². The molecule has 7 heterocycles. The van der Waals surface area contributed by atoms with E-state index in [4.69, 9.17) is 0 Å². The number of hydrogen-bond acceptors (Lipinski definition) is 9. The molecule has 0 aliphatic carbocycles. The molecular weight excluding hydrogens is 891 g/mol. The van der Waals surface area contributed by atoms with E-state index in [-0.39, 0.29) is 22.2 Å². The van der Waals surface area contributed by atoms with E-state index in [2.05, 4.69) is 258 Å². The summed E-state index contributed by atoms with van der Waals surface area (Å²) in [5, 5.41) is 0. The number of nitrogens with zero attached hydrogens (tertiary/aromatic N) is 13. The summed E-state index contributed by atoms with van der Waals surface area (Å²) in [5.74, 6) is 0. The van der Waals surface area contributed by atoms with E-state index in [0.717, 1.165) is 39.0 Å². The molecule has 8 aromatic rings. The minimum atomic E-state index is 0.0170. The summed E-state index contributed by atoms with van der Waals surface area (Å²) in [6.07, 6.45) is 15.7. The molecule has 0 saturated heterocycles. The van der Waals surface area contributed by atoms with Crippen LogP contribution in [0.3, 0.4) is 0 Å². The Labute approximate surface area is 436 Å². The summed E-state index contributed by atoms with van der Waals surface area (Å²) in [6, 6.07) is 12.2. The third kappa shape index (κ3) is 26.7. The minimum Gasteiger partial charge on any atom is -0.325 e. The number of hydrogen-bond donors (Lipinski definition) is 0. The topological polar surface area (TPSA) is 136 Å². The number of fused-ring (bicyclic) bond motifs is 4. The molecule has 0 aliphatic heterocycles. The summed E-state index contributed by atoms with van der Waals surface area (Å²) in [5.41, 5.74) is 9.87. The van der Waals surface area contributed by atoms with Gasteiger partial charge in [-0.25, -0.2) is 44.9 Å². The van der Waals surface area contributed by atoms with Crippen LogP contribution in [0.5, 0.6) is 0 Å². The lowest BCUT2D eigenvalue weighted by Gasteiger charge is -2.21. The van der Waals surface area contributed by atoms with Gasteiger partial charge in [0.25, 0.3) is 0 Å². The molecule has 0 fully saturated rings. The number of pyridine rings is 1. The fourth-order valence-corrected chi connectivity index (χ4v) is 5.43. The minimum absolute atomic E-state index is 0.0170. The molecule has 400 valence electrons. The highest BCUT2D eigenvalue weighted by Crippen LogP contribution is 2.23. The maximum Gasteiger partial charge on any atom is 0.180 e. The Kier molecular flexibility index (Phi) is 23.2. The molecule has 72 heavy (non-hydrogen) atoms. The van der Waals surface area contributed by atoms with Gasteiger partial charge in [-0.3, -0.25) is 0 Å². The highest BCUT2D eigenvalue weighted by molar-refractivity contribution is 5.75. The van der Waals surface area contributed by atoms with Crippen LogP contribution in [0, 0.1) is 21.7 Å². The lowest BCUT2D eigenvalue weighted by Crippen LogP contribution is -2.20. The Balaban J connectivity index is 0.000000428.